The summed E-state index contributed by atoms with van der Waals surface area (Å²) in [6.45, 7) is 3.22. The smallest absolute Gasteiger partial charge is 0.389 e. The van der Waals surface area contributed by atoms with E-state index in [2.05, 4.69) is 14.9 Å². The molecule has 1 aliphatic heterocycles. The normalized spacial score (nSPS) is 18.7. The first-order chi connectivity index (χ1) is 10.9. The summed E-state index contributed by atoms with van der Waals surface area (Å²) >= 11 is 0. The van der Waals surface area contributed by atoms with Gasteiger partial charge in [0.25, 0.3) is 0 Å². The monoisotopic (exact) mass is 334 g/mol. The minimum atomic E-state index is -4.47. The van der Waals surface area contributed by atoms with Crippen LogP contribution >= 0.6 is 0 Å². The van der Waals surface area contributed by atoms with Gasteiger partial charge in [-0.3, -0.25) is 4.90 Å². The molecule has 0 aliphatic carbocycles. The van der Waals surface area contributed by atoms with E-state index in [9.17, 15) is 18.3 Å². The van der Waals surface area contributed by atoms with Crippen LogP contribution in [0.15, 0.2) is 12.3 Å². The maximum absolute atomic E-state index is 12.7. The molecule has 2 heterocycles. The van der Waals surface area contributed by atoms with E-state index < -0.39 is 18.0 Å². The molecule has 1 atom stereocenters. The van der Waals surface area contributed by atoms with Crippen molar-refractivity contribution in [1.29, 1.82) is 0 Å². The molecular weight excluding hydrogens is 313 g/mol. The summed E-state index contributed by atoms with van der Waals surface area (Å²) in [4.78, 5) is 11.4. The number of anilines is 1. The van der Waals surface area contributed by atoms with Gasteiger partial charge < -0.3 is 14.7 Å². The van der Waals surface area contributed by atoms with Gasteiger partial charge in [-0.25, -0.2) is 9.97 Å². The highest BCUT2D eigenvalue weighted by Crippen LogP contribution is 2.28. The Balaban J connectivity index is 1.98. The molecule has 1 aromatic rings. The third-order valence-electron chi connectivity index (χ3n) is 3.63. The van der Waals surface area contributed by atoms with E-state index in [1.165, 1.54) is 7.11 Å². The summed E-state index contributed by atoms with van der Waals surface area (Å²) in [5, 5.41) is 9.77. The van der Waals surface area contributed by atoms with Gasteiger partial charge in [-0.05, 0) is 19.0 Å². The SMILES string of the molecule is COCC(O)CN1CCCN(c2nccc(C(F)(F)F)n2)CC1. The predicted octanol–water partition coefficient (Wildman–Crippen LogP) is 1.01. The van der Waals surface area contributed by atoms with Crippen molar-refractivity contribution in [1.82, 2.24) is 14.9 Å². The largest absolute Gasteiger partial charge is 0.433 e. The van der Waals surface area contributed by atoms with Crippen molar-refractivity contribution in [3.8, 4) is 0 Å². The number of hydrogen-bond acceptors (Lipinski definition) is 6. The van der Waals surface area contributed by atoms with E-state index in [1.54, 1.807) is 4.90 Å². The number of aliphatic hydroxyl groups is 1. The number of methoxy groups -OCH3 is 1. The average Bonchev–Trinajstić information content (AvgIpc) is 2.72. The summed E-state index contributed by atoms with van der Waals surface area (Å²) in [6, 6.07) is 0.870. The van der Waals surface area contributed by atoms with Crippen molar-refractivity contribution in [3.63, 3.8) is 0 Å². The van der Waals surface area contributed by atoms with E-state index in [-0.39, 0.29) is 12.6 Å². The van der Waals surface area contributed by atoms with Gasteiger partial charge in [0.2, 0.25) is 5.95 Å². The fourth-order valence-corrected chi connectivity index (χ4v) is 2.56. The van der Waals surface area contributed by atoms with E-state index >= 15 is 0 Å². The quantitative estimate of drug-likeness (QED) is 0.867. The molecule has 1 aromatic heterocycles. The van der Waals surface area contributed by atoms with Crippen LogP contribution < -0.4 is 4.90 Å². The number of aliphatic hydroxyl groups excluding tert-OH is 1. The van der Waals surface area contributed by atoms with Crippen LogP contribution in [0.5, 0.6) is 0 Å². The van der Waals surface area contributed by atoms with Crippen molar-refractivity contribution in [2.75, 3.05) is 51.3 Å². The van der Waals surface area contributed by atoms with Crippen LogP contribution in [0.4, 0.5) is 19.1 Å². The van der Waals surface area contributed by atoms with Gasteiger partial charge in [-0.1, -0.05) is 0 Å². The van der Waals surface area contributed by atoms with Gasteiger partial charge in [-0.15, -0.1) is 0 Å². The molecule has 9 heteroatoms. The van der Waals surface area contributed by atoms with Crippen molar-refractivity contribution in [3.05, 3.63) is 18.0 Å². The molecule has 0 saturated carbocycles. The van der Waals surface area contributed by atoms with E-state index in [1.807, 2.05) is 0 Å². The van der Waals surface area contributed by atoms with Crippen LogP contribution in [-0.2, 0) is 10.9 Å². The lowest BCUT2D eigenvalue weighted by Gasteiger charge is -2.24. The molecule has 130 valence electrons. The Hall–Kier alpha value is -1.45. The van der Waals surface area contributed by atoms with E-state index in [0.29, 0.717) is 26.2 Å². The molecule has 1 unspecified atom stereocenters. The minimum absolute atomic E-state index is 0.0964. The van der Waals surface area contributed by atoms with Crippen LogP contribution in [0, 0.1) is 0 Å². The number of rotatable bonds is 5. The fourth-order valence-electron chi connectivity index (χ4n) is 2.56. The Morgan fingerprint density at radius 3 is 2.78 bits per heavy atom. The molecule has 6 nitrogen and oxygen atoms in total. The second kappa shape index (κ2) is 7.89. The first kappa shape index (κ1) is 17.9. The number of ether oxygens (including phenoxy) is 1. The molecule has 1 fully saturated rings. The van der Waals surface area contributed by atoms with E-state index in [4.69, 9.17) is 4.74 Å². The topological polar surface area (TPSA) is 61.7 Å². The first-order valence-corrected chi connectivity index (χ1v) is 7.44. The van der Waals surface area contributed by atoms with Crippen LogP contribution in [0.3, 0.4) is 0 Å². The zero-order chi connectivity index (χ0) is 16.9. The van der Waals surface area contributed by atoms with Crippen LogP contribution in [0.1, 0.15) is 12.1 Å². The number of hydrogen-bond donors (Lipinski definition) is 1. The zero-order valence-corrected chi connectivity index (χ0v) is 13.0. The molecule has 23 heavy (non-hydrogen) atoms. The van der Waals surface area contributed by atoms with Crippen molar-refractivity contribution >= 4 is 5.95 Å². The highest BCUT2D eigenvalue weighted by molar-refractivity contribution is 5.31. The lowest BCUT2D eigenvalue weighted by atomic mass is 10.3. The summed E-state index contributed by atoms with van der Waals surface area (Å²) in [5.74, 6) is 0.0964. The molecule has 1 saturated heterocycles. The summed E-state index contributed by atoms with van der Waals surface area (Å²) in [5.41, 5.74) is -0.931. The van der Waals surface area contributed by atoms with Crippen LogP contribution in [0.2, 0.25) is 0 Å². The van der Waals surface area contributed by atoms with Gasteiger partial charge in [-0.2, -0.15) is 13.2 Å². The zero-order valence-electron chi connectivity index (χ0n) is 13.0. The standard InChI is InChI=1S/C14H21F3N4O2/c1-23-10-11(22)9-20-5-2-6-21(8-7-20)13-18-4-3-12(19-13)14(15,16)17/h3-4,11,22H,2,5-10H2,1H3. The van der Waals surface area contributed by atoms with Gasteiger partial charge in [0, 0.05) is 39.5 Å². The Morgan fingerprint density at radius 2 is 2.09 bits per heavy atom. The Bertz CT molecular complexity index is 501. The number of aromatic nitrogens is 2. The first-order valence-electron chi connectivity index (χ1n) is 7.44. The molecule has 1 N–H and O–H groups in total. The molecule has 0 aromatic carbocycles. The van der Waals surface area contributed by atoms with Crippen molar-refractivity contribution < 1.29 is 23.0 Å². The fraction of sp³-hybridized carbons (Fsp3) is 0.714. The lowest BCUT2D eigenvalue weighted by Crippen LogP contribution is -2.37. The summed E-state index contributed by atoms with van der Waals surface area (Å²) in [6.07, 6.45) is -3.15. The Labute approximate surface area is 132 Å². The lowest BCUT2D eigenvalue weighted by molar-refractivity contribution is -0.141. The minimum Gasteiger partial charge on any atom is -0.389 e. The molecule has 1 aliphatic rings. The summed E-state index contributed by atoms with van der Waals surface area (Å²) < 4.78 is 43.1. The maximum Gasteiger partial charge on any atom is 0.433 e. The predicted molar refractivity (Wildman–Crippen MR) is 78.2 cm³/mol. The highest BCUT2D eigenvalue weighted by atomic mass is 19.4. The maximum atomic E-state index is 12.7. The van der Waals surface area contributed by atoms with Gasteiger partial charge >= 0.3 is 6.18 Å². The molecule has 0 bridgehead atoms. The van der Waals surface area contributed by atoms with Crippen molar-refractivity contribution in [2.45, 2.75) is 18.7 Å². The third-order valence-corrected chi connectivity index (χ3v) is 3.63. The van der Waals surface area contributed by atoms with Gasteiger partial charge in [0.1, 0.15) is 5.69 Å². The van der Waals surface area contributed by atoms with Crippen molar-refractivity contribution in [2.24, 2.45) is 0 Å². The molecular formula is C14H21F3N4O2. The molecule has 2 rings (SSSR count). The highest BCUT2D eigenvalue weighted by Gasteiger charge is 2.33. The Morgan fingerprint density at radius 1 is 1.30 bits per heavy atom. The third kappa shape index (κ3) is 5.29. The summed E-state index contributed by atoms with van der Waals surface area (Å²) in [7, 11) is 1.53. The van der Waals surface area contributed by atoms with Crippen LogP contribution in [0.25, 0.3) is 0 Å². The number of halogens is 3. The van der Waals surface area contributed by atoms with Crippen LogP contribution in [-0.4, -0.2) is 72.5 Å². The number of nitrogens with zero attached hydrogens (tertiary/aromatic N) is 4. The molecule has 0 amide bonds. The second-order valence-corrected chi connectivity index (χ2v) is 5.49. The average molecular weight is 334 g/mol. The number of alkyl halides is 3. The van der Waals surface area contributed by atoms with Gasteiger partial charge in [0.05, 0.1) is 12.7 Å². The van der Waals surface area contributed by atoms with E-state index in [0.717, 1.165) is 25.2 Å². The molecule has 0 spiro atoms. The Kier molecular flexibility index (Phi) is 6.14. The number of β-amino-alcohol motifs (C(OH)–C–C–N with tert-alkyl or cyclic N) is 1. The second-order valence-electron chi connectivity index (χ2n) is 5.49. The van der Waals surface area contributed by atoms with Gasteiger partial charge in [0.15, 0.2) is 0 Å². The molecule has 0 radical (unpaired) electrons.